The van der Waals surface area contributed by atoms with Gasteiger partial charge in [-0.1, -0.05) is 38.1 Å². The highest BCUT2D eigenvalue weighted by atomic mass is 32.2. The Balaban J connectivity index is 2.18. The Morgan fingerprint density at radius 1 is 1.26 bits per heavy atom. The molecule has 0 aromatic heterocycles. The zero-order valence-electron chi connectivity index (χ0n) is 11.6. The normalized spacial score (nSPS) is 20.1. The molecule has 1 unspecified atom stereocenters. The van der Waals surface area contributed by atoms with Crippen molar-refractivity contribution in [3.8, 4) is 0 Å². The fourth-order valence-electron chi connectivity index (χ4n) is 2.47. The van der Waals surface area contributed by atoms with E-state index in [2.05, 4.69) is 13.8 Å². The van der Waals surface area contributed by atoms with Crippen molar-refractivity contribution in [3.63, 3.8) is 0 Å². The molecule has 0 bridgehead atoms. The van der Waals surface area contributed by atoms with E-state index >= 15 is 0 Å². The number of hydrogen-bond donors (Lipinski definition) is 0. The summed E-state index contributed by atoms with van der Waals surface area (Å²) < 4.78 is 29.9. The fourth-order valence-corrected chi connectivity index (χ4v) is 4.18. The van der Waals surface area contributed by atoms with Crippen LogP contribution in [0.2, 0.25) is 0 Å². The summed E-state index contributed by atoms with van der Waals surface area (Å²) in [5.41, 5.74) is 2.10. The smallest absolute Gasteiger partial charge is 0.159 e. The van der Waals surface area contributed by atoms with Crippen LogP contribution in [0.15, 0.2) is 24.3 Å². The Labute approximate surface area is 115 Å². The molecule has 1 aliphatic rings. The molecule has 0 N–H and O–H groups in total. The zero-order valence-corrected chi connectivity index (χ0v) is 12.4. The second-order valence-corrected chi connectivity index (χ2v) is 7.94. The highest BCUT2D eigenvalue weighted by Gasteiger charge is 2.30. The van der Waals surface area contributed by atoms with Crippen LogP contribution in [0.5, 0.6) is 0 Å². The van der Waals surface area contributed by atoms with E-state index in [1.165, 1.54) is 0 Å². The largest absolute Gasteiger partial charge is 0.380 e. The SMILES string of the molecule is CC(C)Cc1ccccc1CS(=O)(=O)C1CCOC1. The van der Waals surface area contributed by atoms with Crippen molar-refractivity contribution in [3.05, 3.63) is 35.4 Å². The highest BCUT2D eigenvalue weighted by Crippen LogP contribution is 2.22. The minimum Gasteiger partial charge on any atom is -0.380 e. The minimum atomic E-state index is -3.10. The summed E-state index contributed by atoms with van der Waals surface area (Å²) >= 11 is 0. The van der Waals surface area contributed by atoms with Crippen molar-refractivity contribution in [2.45, 2.75) is 37.7 Å². The summed E-state index contributed by atoms with van der Waals surface area (Å²) in [6.07, 6.45) is 1.56. The molecule has 1 aromatic rings. The van der Waals surface area contributed by atoms with E-state index in [1.807, 2.05) is 24.3 Å². The molecule has 0 aliphatic carbocycles. The van der Waals surface area contributed by atoms with Crippen LogP contribution in [0.3, 0.4) is 0 Å². The van der Waals surface area contributed by atoms with E-state index in [0.29, 0.717) is 25.6 Å². The first-order valence-electron chi connectivity index (χ1n) is 6.85. The van der Waals surface area contributed by atoms with Gasteiger partial charge in [-0.15, -0.1) is 0 Å². The number of sulfone groups is 1. The van der Waals surface area contributed by atoms with Crippen LogP contribution in [-0.4, -0.2) is 26.9 Å². The summed E-state index contributed by atoms with van der Waals surface area (Å²) in [5, 5.41) is -0.320. The summed E-state index contributed by atoms with van der Waals surface area (Å²) in [6.45, 7) is 5.22. The van der Waals surface area contributed by atoms with Gasteiger partial charge in [0, 0.05) is 6.61 Å². The third kappa shape index (κ3) is 3.80. The molecule has 1 aromatic carbocycles. The predicted octanol–water partition coefficient (Wildman–Crippen LogP) is 2.59. The van der Waals surface area contributed by atoms with Crippen LogP contribution < -0.4 is 0 Å². The van der Waals surface area contributed by atoms with Gasteiger partial charge in [0.15, 0.2) is 9.84 Å². The van der Waals surface area contributed by atoms with Crippen LogP contribution in [0.1, 0.15) is 31.4 Å². The first-order valence-corrected chi connectivity index (χ1v) is 8.56. The van der Waals surface area contributed by atoms with Crippen LogP contribution >= 0.6 is 0 Å². The Morgan fingerprint density at radius 2 is 1.95 bits per heavy atom. The van der Waals surface area contributed by atoms with E-state index in [4.69, 9.17) is 4.74 Å². The summed E-state index contributed by atoms with van der Waals surface area (Å²) in [5.74, 6) is 0.669. The van der Waals surface area contributed by atoms with E-state index in [9.17, 15) is 8.42 Å². The van der Waals surface area contributed by atoms with Crippen LogP contribution in [0.25, 0.3) is 0 Å². The first kappa shape index (κ1) is 14.5. The monoisotopic (exact) mass is 282 g/mol. The van der Waals surface area contributed by atoms with Gasteiger partial charge < -0.3 is 4.74 Å². The van der Waals surface area contributed by atoms with Gasteiger partial charge in [-0.25, -0.2) is 8.42 Å². The molecule has 1 saturated heterocycles. The lowest BCUT2D eigenvalue weighted by Gasteiger charge is -2.14. The molecular weight excluding hydrogens is 260 g/mol. The summed E-state index contributed by atoms with van der Waals surface area (Å²) in [7, 11) is -3.10. The van der Waals surface area contributed by atoms with Gasteiger partial charge in [0.05, 0.1) is 17.6 Å². The molecule has 3 nitrogen and oxygen atoms in total. The molecule has 1 aliphatic heterocycles. The molecule has 19 heavy (non-hydrogen) atoms. The standard InChI is InChI=1S/C15H22O3S/c1-12(2)9-13-5-3-4-6-14(13)11-19(16,17)15-7-8-18-10-15/h3-6,12,15H,7-11H2,1-2H3. The van der Waals surface area contributed by atoms with Crippen molar-refractivity contribution in [1.29, 1.82) is 0 Å². The molecule has 1 atom stereocenters. The molecule has 1 heterocycles. The lowest BCUT2D eigenvalue weighted by Crippen LogP contribution is -2.23. The minimum absolute atomic E-state index is 0.143. The number of hydrogen-bond acceptors (Lipinski definition) is 3. The molecule has 0 spiro atoms. The van der Waals surface area contributed by atoms with Gasteiger partial charge in [0.25, 0.3) is 0 Å². The predicted molar refractivity (Wildman–Crippen MR) is 76.8 cm³/mol. The lowest BCUT2D eigenvalue weighted by atomic mass is 9.99. The molecule has 0 radical (unpaired) electrons. The van der Waals surface area contributed by atoms with Crippen molar-refractivity contribution in [1.82, 2.24) is 0 Å². The molecule has 106 valence electrons. The zero-order chi connectivity index (χ0) is 13.9. The van der Waals surface area contributed by atoms with Crippen LogP contribution in [0, 0.1) is 5.92 Å². The second kappa shape index (κ2) is 6.06. The number of benzene rings is 1. The Morgan fingerprint density at radius 3 is 2.53 bits per heavy atom. The maximum atomic E-state index is 12.4. The summed E-state index contributed by atoms with van der Waals surface area (Å²) in [4.78, 5) is 0. The maximum absolute atomic E-state index is 12.4. The van der Waals surface area contributed by atoms with E-state index < -0.39 is 9.84 Å². The first-order chi connectivity index (χ1) is 8.99. The topological polar surface area (TPSA) is 43.4 Å². The van der Waals surface area contributed by atoms with Crippen molar-refractivity contribution in [2.75, 3.05) is 13.2 Å². The average molecular weight is 282 g/mol. The quantitative estimate of drug-likeness (QED) is 0.833. The van der Waals surface area contributed by atoms with Gasteiger partial charge in [0.1, 0.15) is 0 Å². The lowest BCUT2D eigenvalue weighted by molar-refractivity contribution is 0.198. The molecule has 4 heteroatoms. The number of rotatable bonds is 5. The third-order valence-corrected chi connectivity index (χ3v) is 5.60. The average Bonchev–Trinajstić information content (AvgIpc) is 2.85. The van der Waals surface area contributed by atoms with E-state index in [0.717, 1.165) is 17.5 Å². The molecule has 0 saturated carbocycles. The second-order valence-electron chi connectivity index (χ2n) is 5.66. The Hall–Kier alpha value is -0.870. The molecule has 1 fully saturated rings. The van der Waals surface area contributed by atoms with Gasteiger partial charge in [-0.2, -0.15) is 0 Å². The number of ether oxygens (including phenoxy) is 1. The van der Waals surface area contributed by atoms with Gasteiger partial charge in [-0.05, 0) is 29.9 Å². The maximum Gasteiger partial charge on any atom is 0.159 e. The Kier molecular flexibility index (Phi) is 4.63. The van der Waals surface area contributed by atoms with E-state index in [-0.39, 0.29) is 11.0 Å². The van der Waals surface area contributed by atoms with Crippen molar-refractivity contribution >= 4 is 9.84 Å². The third-order valence-electron chi connectivity index (χ3n) is 3.50. The van der Waals surface area contributed by atoms with Crippen LogP contribution in [0.4, 0.5) is 0 Å². The summed E-state index contributed by atoms with van der Waals surface area (Å²) in [6, 6.07) is 7.87. The van der Waals surface area contributed by atoms with Gasteiger partial charge in [-0.3, -0.25) is 0 Å². The van der Waals surface area contributed by atoms with Gasteiger partial charge >= 0.3 is 0 Å². The Bertz CT molecular complexity index is 514. The molecule has 0 amide bonds. The van der Waals surface area contributed by atoms with Crippen molar-refractivity contribution in [2.24, 2.45) is 5.92 Å². The van der Waals surface area contributed by atoms with Crippen molar-refractivity contribution < 1.29 is 13.2 Å². The highest BCUT2D eigenvalue weighted by molar-refractivity contribution is 7.91. The van der Waals surface area contributed by atoms with E-state index in [1.54, 1.807) is 0 Å². The fraction of sp³-hybridized carbons (Fsp3) is 0.600. The molecule has 2 rings (SSSR count). The van der Waals surface area contributed by atoms with Crippen LogP contribution in [-0.2, 0) is 26.7 Å². The molecular formula is C15H22O3S. The van der Waals surface area contributed by atoms with Gasteiger partial charge in [0.2, 0.25) is 0 Å².